The third kappa shape index (κ3) is 4.28. The van der Waals surface area contributed by atoms with Crippen molar-refractivity contribution in [3.05, 3.63) is 29.8 Å². The van der Waals surface area contributed by atoms with Crippen LogP contribution in [0.15, 0.2) is 23.1 Å². The van der Waals surface area contributed by atoms with Crippen molar-refractivity contribution in [2.24, 2.45) is 0 Å². The molecule has 2 rings (SSSR count). The number of nitrogens with zero attached hydrogens (tertiary/aromatic N) is 1. The van der Waals surface area contributed by atoms with Crippen LogP contribution >= 0.6 is 11.8 Å². The molecule has 0 amide bonds. The maximum Gasteiger partial charge on any atom is 0.127 e. The first-order valence-electron chi connectivity index (χ1n) is 6.05. The maximum absolute atomic E-state index is 12.9. The SMILES string of the molecule is Fc1cc(F)cc(SCCN2CCCCC2)c1. The molecule has 0 radical (unpaired) electrons. The van der Waals surface area contributed by atoms with Gasteiger partial charge in [-0.3, -0.25) is 0 Å². The minimum absolute atomic E-state index is 0.495. The monoisotopic (exact) mass is 257 g/mol. The van der Waals surface area contributed by atoms with Gasteiger partial charge in [-0.2, -0.15) is 0 Å². The highest BCUT2D eigenvalue weighted by Crippen LogP contribution is 2.21. The second-order valence-electron chi connectivity index (χ2n) is 4.36. The summed E-state index contributed by atoms with van der Waals surface area (Å²) in [6, 6.07) is 3.70. The molecule has 1 aromatic carbocycles. The number of likely N-dealkylation sites (tertiary alicyclic amines) is 1. The quantitative estimate of drug-likeness (QED) is 0.759. The van der Waals surface area contributed by atoms with Gasteiger partial charge in [0.1, 0.15) is 11.6 Å². The second kappa shape index (κ2) is 6.36. The fourth-order valence-electron chi connectivity index (χ4n) is 2.09. The van der Waals surface area contributed by atoms with E-state index in [-0.39, 0.29) is 0 Å². The van der Waals surface area contributed by atoms with Gasteiger partial charge in [0.2, 0.25) is 0 Å². The molecule has 94 valence electrons. The molecule has 0 bridgehead atoms. The lowest BCUT2D eigenvalue weighted by molar-refractivity contribution is 0.242. The number of hydrogen-bond acceptors (Lipinski definition) is 2. The zero-order chi connectivity index (χ0) is 12.1. The lowest BCUT2D eigenvalue weighted by Crippen LogP contribution is -2.31. The third-order valence-electron chi connectivity index (χ3n) is 2.96. The summed E-state index contributed by atoms with van der Waals surface area (Å²) in [6.45, 7) is 3.33. The highest BCUT2D eigenvalue weighted by Gasteiger charge is 2.09. The molecule has 1 fully saturated rings. The number of benzene rings is 1. The van der Waals surface area contributed by atoms with Gasteiger partial charge < -0.3 is 4.90 Å². The highest BCUT2D eigenvalue weighted by atomic mass is 32.2. The number of halogens is 2. The first-order valence-corrected chi connectivity index (χ1v) is 7.04. The van der Waals surface area contributed by atoms with Crippen molar-refractivity contribution >= 4 is 11.8 Å². The van der Waals surface area contributed by atoms with Gasteiger partial charge >= 0.3 is 0 Å². The highest BCUT2D eigenvalue weighted by molar-refractivity contribution is 7.99. The van der Waals surface area contributed by atoms with Crippen LogP contribution in [0.4, 0.5) is 8.78 Å². The Balaban J connectivity index is 1.77. The van der Waals surface area contributed by atoms with E-state index in [9.17, 15) is 8.78 Å². The predicted molar refractivity (Wildman–Crippen MR) is 67.4 cm³/mol. The molecule has 1 aliphatic rings. The minimum atomic E-state index is -0.495. The Kier molecular flexibility index (Phi) is 4.80. The summed E-state index contributed by atoms with van der Waals surface area (Å²) in [4.78, 5) is 3.10. The molecule has 1 saturated heterocycles. The molecule has 1 aliphatic heterocycles. The van der Waals surface area contributed by atoms with Crippen molar-refractivity contribution < 1.29 is 8.78 Å². The lowest BCUT2D eigenvalue weighted by Gasteiger charge is -2.26. The number of hydrogen-bond donors (Lipinski definition) is 0. The molecular weight excluding hydrogens is 240 g/mol. The van der Waals surface area contributed by atoms with Gasteiger partial charge in [0.25, 0.3) is 0 Å². The topological polar surface area (TPSA) is 3.24 Å². The van der Waals surface area contributed by atoms with Crippen LogP contribution in [-0.4, -0.2) is 30.3 Å². The zero-order valence-electron chi connectivity index (χ0n) is 9.79. The maximum atomic E-state index is 12.9. The van der Waals surface area contributed by atoms with Crippen LogP contribution in [0, 0.1) is 11.6 Å². The van der Waals surface area contributed by atoms with Crippen molar-refractivity contribution in [2.45, 2.75) is 24.2 Å². The molecule has 0 atom stereocenters. The van der Waals surface area contributed by atoms with Gasteiger partial charge in [-0.1, -0.05) is 6.42 Å². The molecule has 4 heteroatoms. The van der Waals surface area contributed by atoms with Crippen molar-refractivity contribution in [3.8, 4) is 0 Å². The normalized spacial score (nSPS) is 17.3. The Morgan fingerprint density at radius 1 is 1.00 bits per heavy atom. The summed E-state index contributed by atoms with van der Waals surface area (Å²) in [5.41, 5.74) is 0. The molecule has 1 aromatic rings. The molecule has 0 aromatic heterocycles. The Hall–Kier alpha value is -0.610. The summed E-state index contributed by atoms with van der Waals surface area (Å²) >= 11 is 1.52. The standard InChI is InChI=1S/C13H17F2NS/c14-11-8-12(15)10-13(9-11)17-7-6-16-4-2-1-3-5-16/h8-10H,1-7H2. The Labute approximate surface area is 105 Å². The predicted octanol–water partition coefficient (Wildman–Crippen LogP) is 3.54. The van der Waals surface area contributed by atoms with Crippen LogP contribution in [0.5, 0.6) is 0 Å². The summed E-state index contributed by atoms with van der Waals surface area (Å²) in [5, 5.41) is 0. The average molecular weight is 257 g/mol. The van der Waals surface area contributed by atoms with Gasteiger partial charge in [0.05, 0.1) is 0 Å². The fourth-order valence-corrected chi connectivity index (χ4v) is 3.06. The molecule has 1 nitrogen and oxygen atoms in total. The van der Waals surface area contributed by atoms with Crippen LogP contribution in [0.1, 0.15) is 19.3 Å². The minimum Gasteiger partial charge on any atom is -0.303 e. The Morgan fingerprint density at radius 2 is 1.65 bits per heavy atom. The molecule has 0 unspecified atom stereocenters. The van der Waals surface area contributed by atoms with Crippen molar-refractivity contribution in [2.75, 3.05) is 25.4 Å². The van der Waals surface area contributed by atoms with Gasteiger partial charge in [-0.05, 0) is 38.1 Å². The number of piperidine rings is 1. The summed E-state index contributed by atoms with van der Waals surface area (Å²) in [7, 11) is 0. The second-order valence-corrected chi connectivity index (χ2v) is 5.52. The van der Waals surface area contributed by atoms with E-state index in [2.05, 4.69) is 4.90 Å². The summed E-state index contributed by atoms with van der Waals surface area (Å²) in [5.74, 6) is -0.0981. The van der Waals surface area contributed by atoms with Crippen LogP contribution in [-0.2, 0) is 0 Å². The lowest BCUT2D eigenvalue weighted by atomic mass is 10.1. The van der Waals surface area contributed by atoms with Gasteiger partial charge in [0.15, 0.2) is 0 Å². The number of thioether (sulfide) groups is 1. The molecule has 0 spiro atoms. The Bertz CT molecular complexity index is 344. The zero-order valence-corrected chi connectivity index (χ0v) is 10.6. The Morgan fingerprint density at radius 3 is 2.29 bits per heavy atom. The first-order chi connectivity index (χ1) is 8.24. The van der Waals surface area contributed by atoms with E-state index in [4.69, 9.17) is 0 Å². The van der Waals surface area contributed by atoms with Gasteiger partial charge in [0, 0.05) is 23.3 Å². The van der Waals surface area contributed by atoms with Crippen LogP contribution < -0.4 is 0 Å². The van der Waals surface area contributed by atoms with E-state index >= 15 is 0 Å². The largest absolute Gasteiger partial charge is 0.303 e. The van der Waals surface area contributed by atoms with Crippen molar-refractivity contribution in [3.63, 3.8) is 0 Å². The van der Waals surface area contributed by atoms with E-state index < -0.39 is 11.6 Å². The molecular formula is C13H17F2NS. The van der Waals surface area contributed by atoms with E-state index in [0.29, 0.717) is 4.90 Å². The third-order valence-corrected chi connectivity index (χ3v) is 3.92. The molecule has 0 aliphatic carbocycles. The number of rotatable bonds is 4. The summed E-state index contributed by atoms with van der Waals surface area (Å²) < 4.78 is 25.9. The first kappa shape index (κ1) is 12.8. The van der Waals surface area contributed by atoms with E-state index in [1.165, 1.54) is 43.2 Å². The van der Waals surface area contributed by atoms with E-state index in [1.54, 1.807) is 0 Å². The van der Waals surface area contributed by atoms with E-state index in [0.717, 1.165) is 31.5 Å². The van der Waals surface area contributed by atoms with Crippen molar-refractivity contribution in [1.29, 1.82) is 0 Å². The van der Waals surface area contributed by atoms with Gasteiger partial charge in [-0.15, -0.1) is 11.8 Å². The van der Waals surface area contributed by atoms with Crippen LogP contribution in [0.25, 0.3) is 0 Å². The molecule has 1 heterocycles. The van der Waals surface area contributed by atoms with Crippen LogP contribution in [0.3, 0.4) is 0 Å². The van der Waals surface area contributed by atoms with Crippen LogP contribution in [0.2, 0.25) is 0 Å². The average Bonchev–Trinajstić information content (AvgIpc) is 2.29. The summed E-state index contributed by atoms with van der Waals surface area (Å²) in [6.07, 6.45) is 3.89. The van der Waals surface area contributed by atoms with Gasteiger partial charge in [-0.25, -0.2) is 8.78 Å². The molecule has 17 heavy (non-hydrogen) atoms. The van der Waals surface area contributed by atoms with E-state index in [1.807, 2.05) is 0 Å². The smallest absolute Gasteiger partial charge is 0.127 e. The fraction of sp³-hybridized carbons (Fsp3) is 0.538. The van der Waals surface area contributed by atoms with Crippen molar-refractivity contribution in [1.82, 2.24) is 4.90 Å². The molecule has 0 saturated carbocycles. The molecule has 0 N–H and O–H groups in total.